The fourth-order valence-corrected chi connectivity index (χ4v) is 2.80. The van der Waals surface area contributed by atoms with Crippen molar-refractivity contribution >= 4 is 21.7 Å². The van der Waals surface area contributed by atoms with Crippen LogP contribution in [0.15, 0.2) is 40.9 Å². The molecule has 0 N–H and O–H groups in total. The van der Waals surface area contributed by atoms with Crippen molar-refractivity contribution in [2.24, 2.45) is 0 Å². The highest BCUT2D eigenvalue weighted by atomic mass is 79.9. The molecule has 2 aromatic carbocycles. The summed E-state index contributed by atoms with van der Waals surface area (Å²) in [6.07, 6.45) is 1.85. The predicted octanol–water partition coefficient (Wildman–Crippen LogP) is 4.94. The maximum atomic E-state index is 13.1. The van der Waals surface area contributed by atoms with E-state index in [1.54, 1.807) is 0 Å². The lowest BCUT2D eigenvalue weighted by molar-refractivity contribution is 0.103. The van der Waals surface area contributed by atoms with Gasteiger partial charge in [-0.2, -0.15) is 0 Å². The van der Waals surface area contributed by atoms with Gasteiger partial charge < -0.3 is 0 Å². The number of hydrogen-bond donors (Lipinski definition) is 0. The maximum Gasteiger partial charge on any atom is 0.194 e. The summed E-state index contributed by atoms with van der Waals surface area (Å²) in [5.74, 6) is -0.446. The molecular weight excluding hydrogens is 319 g/mol. The average molecular weight is 335 g/mol. The molecule has 0 aromatic heterocycles. The summed E-state index contributed by atoms with van der Waals surface area (Å²) in [5.41, 5.74) is 3.59. The minimum absolute atomic E-state index is 0.0887. The van der Waals surface area contributed by atoms with Crippen molar-refractivity contribution in [3.05, 3.63) is 68.9 Å². The Morgan fingerprint density at radius 1 is 1.05 bits per heavy atom. The first-order chi connectivity index (χ1) is 9.56. The van der Waals surface area contributed by atoms with Crippen LogP contribution in [0.1, 0.15) is 40.9 Å². The second-order valence-electron chi connectivity index (χ2n) is 4.64. The molecule has 0 fully saturated rings. The van der Waals surface area contributed by atoms with Crippen molar-refractivity contribution in [1.29, 1.82) is 0 Å². The van der Waals surface area contributed by atoms with Crippen molar-refractivity contribution < 1.29 is 9.18 Å². The molecule has 3 heteroatoms. The number of halogens is 2. The van der Waals surface area contributed by atoms with Crippen LogP contribution in [-0.4, -0.2) is 5.78 Å². The van der Waals surface area contributed by atoms with E-state index >= 15 is 0 Å². The van der Waals surface area contributed by atoms with Crippen molar-refractivity contribution in [3.8, 4) is 0 Å². The third kappa shape index (κ3) is 2.98. The van der Waals surface area contributed by atoms with Crippen LogP contribution in [0.5, 0.6) is 0 Å². The van der Waals surface area contributed by atoms with Gasteiger partial charge in [0.2, 0.25) is 0 Å². The highest BCUT2D eigenvalue weighted by molar-refractivity contribution is 9.10. The summed E-state index contributed by atoms with van der Waals surface area (Å²) in [6, 6.07) is 9.92. The average Bonchev–Trinajstić information content (AvgIpc) is 2.45. The molecule has 0 aliphatic carbocycles. The van der Waals surface area contributed by atoms with E-state index in [2.05, 4.69) is 29.8 Å². The Kier molecular flexibility index (Phi) is 4.71. The van der Waals surface area contributed by atoms with Crippen LogP contribution in [0.2, 0.25) is 0 Å². The molecule has 0 saturated heterocycles. The van der Waals surface area contributed by atoms with Gasteiger partial charge in [0.05, 0.1) is 0 Å². The summed E-state index contributed by atoms with van der Waals surface area (Å²) in [4.78, 5) is 12.5. The molecule has 20 heavy (non-hydrogen) atoms. The highest BCUT2D eigenvalue weighted by Crippen LogP contribution is 2.23. The van der Waals surface area contributed by atoms with Crippen molar-refractivity contribution in [2.75, 3.05) is 0 Å². The van der Waals surface area contributed by atoms with Crippen LogP contribution in [-0.2, 0) is 12.8 Å². The van der Waals surface area contributed by atoms with E-state index in [0.717, 1.165) is 12.8 Å². The number of hydrogen-bond acceptors (Lipinski definition) is 1. The van der Waals surface area contributed by atoms with Crippen molar-refractivity contribution in [1.82, 2.24) is 0 Å². The molecule has 104 valence electrons. The summed E-state index contributed by atoms with van der Waals surface area (Å²) in [7, 11) is 0. The molecule has 2 rings (SSSR count). The molecule has 0 atom stereocenters. The van der Waals surface area contributed by atoms with Crippen molar-refractivity contribution in [3.63, 3.8) is 0 Å². The van der Waals surface area contributed by atoms with Crippen LogP contribution in [0.4, 0.5) is 4.39 Å². The maximum absolute atomic E-state index is 13.1. The van der Waals surface area contributed by atoms with E-state index in [4.69, 9.17) is 0 Å². The Morgan fingerprint density at radius 3 is 2.35 bits per heavy atom. The van der Waals surface area contributed by atoms with Crippen LogP contribution in [0, 0.1) is 5.82 Å². The first-order valence-electron chi connectivity index (χ1n) is 6.68. The first kappa shape index (κ1) is 14.9. The Balaban J connectivity index is 2.43. The van der Waals surface area contributed by atoms with Gasteiger partial charge in [-0.1, -0.05) is 26.0 Å². The lowest BCUT2D eigenvalue weighted by atomic mass is 9.96. The van der Waals surface area contributed by atoms with E-state index in [1.807, 2.05) is 18.2 Å². The zero-order chi connectivity index (χ0) is 14.7. The Labute approximate surface area is 127 Å². The van der Waals surface area contributed by atoms with Gasteiger partial charge in [0.15, 0.2) is 5.78 Å². The molecule has 0 heterocycles. The molecule has 0 aliphatic rings. The van der Waals surface area contributed by atoms with Crippen LogP contribution >= 0.6 is 15.9 Å². The van der Waals surface area contributed by atoms with E-state index in [-0.39, 0.29) is 11.6 Å². The second-order valence-corrected chi connectivity index (χ2v) is 5.50. The normalized spacial score (nSPS) is 10.6. The van der Waals surface area contributed by atoms with E-state index in [0.29, 0.717) is 15.6 Å². The molecule has 2 aromatic rings. The standard InChI is InChI=1S/C17H16BrFO/c1-3-11-5-6-13(9-12(11)4-2)17(20)15-8-7-14(19)10-16(15)18/h5-10H,3-4H2,1-2H3. The molecule has 0 spiro atoms. The van der Waals surface area contributed by atoms with Crippen LogP contribution in [0.3, 0.4) is 0 Å². The number of carbonyl (C=O) groups excluding carboxylic acids is 1. The van der Waals surface area contributed by atoms with Gasteiger partial charge in [0, 0.05) is 15.6 Å². The molecular formula is C17H16BrFO. The number of aryl methyl sites for hydroxylation is 2. The highest BCUT2D eigenvalue weighted by Gasteiger charge is 2.14. The van der Waals surface area contributed by atoms with E-state index in [1.165, 1.54) is 29.3 Å². The van der Waals surface area contributed by atoms with Gasteiger partial charge in [0.25, 0.3) is 0 Å². The number of rotatable bonds is 4. The summed E-state index contributed by atoms with van der Waals surface area (Å²) in [6.45, 7) is 4.18. The molecule has 0 bridgehead atoms. The fraction of sp³-hybridized carbons (Fsp3) is 0.235. The first-order valence-corrected chi connectivity index (χ1v) is 7.47. The minimum atomic E-state index is -0.357. The Hall–Kier alpha value is -1.48. The molecule has 0 radical (unpaired) electrons. The van der Waals surface area contributed by atoms with Gasteiger partial charge >= 0.3 is 0 Å². The number of benzene rings is 2. The third-order valence-electron chi connectivity index (χ3n) is 3.41. The summed E-state index contributed by atoms with van der Waals surface area (Å²) < 4.78 is 13.6. The fourth-order valence-electron chi connectivity index (χ4n) is 2.27. The second kappa shape index (κ2) is 6.31. The van der Waals surface area contributed by atoms with Gasteiger partial charge in [-0.3, -0.25) is 4.79 Å². The van der Waals surface area contributed by atoms with Gasteiger partial charge in [0.1, 0.15) is 5.82 Å². The summed E-state index contributed by atoms with van der Waals surface area (Å²) in [5, 5.41) is 0. The number of ketones is 1. The molecule has 0 amide bonds. The monoisotopic (exact) mass is 334 g/mol. The van der Waals surface area contributed by atoms with E-state index < -0.39 is 0 Å². The van der Waals surface area contributed by atoms with Gasteiger partial charge in [-0.25, -0.2) is 4.39 Å². The zero-order valence-electron chi connectivity index (χ0n) is 11.5. The van der Waals surface area contributed by atoms with Gasteiger partial charge in [-0.15, -0.1) is 0 Å². The largest absolute Gasteiger partial charge is 0.289 e. The molecule has 0 unspecified atom stereocenters. The smallest absolute Gasteiger partial charge is 0.194 e. The quantitative estimate of drug-likeness (QED) is 0.723. The number of carbonyl (C=O) groups is 1. The predicted molar refractivity (Wildman–Crippen MR) is 82.7 cm³/mol. The zero-order valence-corrected chi connectivity index (χ0v) is 13.1. The topological polar surface area (TPSA) is 17.1 Å². The lowest BCUT2D eigenvalue weighted by Gasteiger charge is -2.09. The molecule has 0 saturated carbocycles. The van der Waals surface area contributed by atoms with E-state index in [9.17, 15) is 9.18 Å². The van der Waals surface area contributed by atoms with Crippen LogP contribution < -0.4 is 0 Å². The third-order valence-corrected chi connectivity index (χ3v) is 4.06. The molecule has 0 aliphatic heterocycles. The SMILES string of the molecule is CCc1ccc(C(=O)c2ccc(F)cc2Br)cc1CC. The molecule has 1 nitrogen and oxygen atoms in total. The van der Waals surface area contributed by atoms with Crippen LogP contribution in [0.25, 0.3) is 0 Å². The Morgan fingerprint density at radius 2 is 1.75 bits per heavy atom. The Bertz CT molecular complexity index is 649. The summed E-state index contributed by atoms with van der Waals surface area (Å²) >= 11 is 3.25. The lowest BCUT2D eigenvalue weighted by Crippen LogP contribution is -2.04. The van der Waals surface area contributed by atoms with Gasteiger partial charge in [-0.05, 0) is 64.2 Å². The minimum Gasteiger partial charge on any atom is -0.289 e. The van der Waals surface area contributed by atoms with Crippen molar-refractivity contribution in [2.45, 2.75) is 26.7 Å².